The number of thiophene rings is 1. The number of anilines is 1. The van der Waals surface area contributed by atoms with Crippen LogP contribution in [0.1, 0.15) is 6.92 Å². The van der Waals surface area contributed by atoms with Gasteiger partial charge in [0.05, 0.1) is 12.3 Å². The molecule has 1 aromatic carbocycles. The van der Waals surface area contributed by atoms with E-state index in [1.54, 1.807) is 18.4 Å². The molecule has 8 heteroatoms. The van der Waals surface area contributed by atoms with E-state index in [0.29, 0.717) is 11.1 Å². The quantitative estimate of drug-likeness (QED) is 0.858. The highest BCUT2D eigenvalue weighted by Gasteiger charge is 2.19. The highest BCUT2D eigenvalue weighted by Crippen LogP contribution is 2.30. The van der Waals surface area contributed by atoms with Gasteiger partial charge >= 0.3 is 0 Å². The summed E-state index contributed by atoms with van der Waals surface area (Å²) < 4.78 is 45.9. The highest BCUT2D eigenvalue weighted by molar-refractivity contribution is 9.10. The van der Waals surface area contributed by atoms with Crippen LogP contribution < -0.4 is 9.46 Å². The van der Waals surface area contributed by atoms with Gasteiger partial charge in [0, 0.05) is 10.5 Å². The molecule has 20 heavy (non-hydrogen) atoms. The Balaban J connectivity index is 2.26. The predicted molar refractivity (Wildman–Crippen MR) is 80.4 cm³/mol. The lowest BCUT2D eigenvalue weighted by Gasteiger charge is -2.09. The lowest BCUT2D eigenvalue weighted by molar-refractivity contribution is 0.321. The predicted octanol–water partition coefficient (Wildman–Crippen LogP) is 3.85. The van der Waals surface area contributed by atoms with Crippen LogP contribution in [0.4, 0.5) is 10.1 Å². The monoisotopic (exact) mass is 379 g/mol. The summed E-state index contributed by atoms with van der Waals surface area (Å²) in [6.07, 6.45) is 0. The summed E-state index contributed by atoms with van der Waals surface area (Å²) in [7, 11) is -3.73. The lowest BCUT2D eigenvalue weighted by Crippen LogP contribution is -2.12. The first-order chi connectivity index (χ1) is 9.44. The smallest absolute Gasteiger partial charge is 0.272 e. The Morgan fingerprint density at radius 2 is 2.15 bits per heavy atom. The first-order valence-electron chi connectivity index (χ1n) is 5.62. The zero-order chi connectivity index (χ0) is 14.8. The van der Waals surface area contributed by atoms with Gasteiger partial charge in [0.25, 0.3) is 10.0 Å². The third kappa shape index (κ3) is 3.31. The molecule has 0 aliphatic rings. The number of benzene rings is 1. The normalized spacial score (nSPS) is 11.3. The molecule has 0 atom stereocenters. The molecule has 0 aliphatic carbocycles. The van der Waals surface area contributed by atoms with Crippen molar-refractivity contribution in [2.24, 2.45) is 0 Å². The first-order valence-corrected chi connectivity index (χ1v) is 8.78. The van der Waals surface area contributed by atoms with Crippen LogP contribution in [-0.4, -0.2) is 15.0 Å². The Morgan fingerprint density at radius 3 is 2.70 bits per heavy atom. The molecule has 1 heterocycles. The van der Waals surface area contributed by atoms with Crippen molar-refractivity contribution in [1.82, 2.24) is 0 Å². The van der Waals surface area contributed by atoms with Crippen molar-refractivity contribution in [3.8, 4) is 5.75 Å². The van der Waals surface area contributed by atoms with Crippen LogP contribution in [0.2, 0.25) is 0 Å². The average Bonchev–Trinajstić information content (AvgIpc) is 2.79. The van der Waals surface area contributed by atoms with Crippen molar-refractivity contribution in [3.05, 3.63) is 39.9 Å². The van der Waals surface area contributed by atoms with E-state index in [9.17, 15) is 12.8 Å². The Hall–Kier alpha value is -1.12. The van der Waals surface area contributed by atoms with Gasteiger partial charge in [0.1, 0.15) is 0 Å². The van der Waals surface area contributed by atoms with Gasteiger partial charge in [-0.05, 0) is 46.4 Å². The molecule has 0 saturated carbocycles. The standard InChI is InChI=1S/C12H11BrFNO3S2/c1-2-18-11-4-3-8(7-10(11)14)15-20(16,17)12-9(13)5-6-19-12/h3-7,15H,2H2,1H3. The van der Waals surface area contributed by atoms with Crippen LogP contribution in [0.3, 0.4) is 0 Å². The molecular formula is C12H11BrFNO3S2. The van der Waals surface area contributed by atoms with E-state index in [4.69, 9.17) is 4.74 Å². The summed E-state index contributed by atoms with van der Waals surface area (Å²) in [5, 5.41) is 1.65. The molecule has 0 saturated heterocycles. The molecule has 1 aromatic heterocycles. The molecule has 108 valence electrons. The zero-order valence-electron chi connectivity index (χ0n) is 10.4. The van der Waals surface area contributed by atoms with Crippen LogP contribution >= 0.6 is 27.3 Å². The van der Waals surface area contributed by atoms with E-state index in [0.717, 1.165) is 17.4 Å². The molecule has 0 aliphatic heterocycles. The largest absolute Gasteiger partial charge is 0.491 e. The van der Waals surface area contributed by atoms with Crippen molar-refractivity contribution in [2.75, 3.05) is 11.3 Å². The van der Waals surface area contributed by atoms with Crippen molar-refractivity contribution >= 4 is 43.0 Å². The number of nitrogens with one attached hydrogen (secondary N) is 1. The van der Waals surface area contributed by atoms with Crippen molar-refractivity contribution < 1.29 is 17.5 Å². The summed E-state index contributed by atoms with van der Waals surface area (Å²) in [6.45, 7) is 2.08. The minimum absolute atomic E-state index is 0.0905. The van der Waals surface area contributed by atoms with Crippen LogP contribution in [0, 0.1) is 5.82 Å². The molecule has 2 rings (SSSR count). The van der Waals surface area contributed by atoms with E-state index in [2.05, 4.69) is 20.7 Å². The van der Waals surface area contributed by atoms with Gasteiger partial charge in [-0.2, -0.15) is 0 Å². The highest BCUT2D eigenvalue weighted by atomic mass is 79.9. The second-order valence-electron chi connectivity index (χ2n) is 3.74. The van der Waals surface area contributed by atoms with Crippen molar-refractivity contribution in [2.45, 2.75) is 11.1 Å². The van der Waals surface area contributed by atoms with Gasteiger partial charge in [-0.3, -0.25) is 4.72 Å². The van der Waals surface area contributed by atoms with E-state index in [-0.39, 0.29) is 15.6 Å². The Morgan fingerprint density at radius 1 is 1.40 bits per heavy atom. The van der Waals surface area contributed by atoms with Gasteiger partial charge in [-0.15, -0.1) is 11.3 Å². The van der Waals surface area contributed by atoms with E-state index in [1.165, 1.54) is 12.1 Å². The zero-order valence-corrected chi connectivity index (χ0v) is 13.6. The first kappa shape index (κ1) is 15.3. The maximum Gasteiger partial charge on any atom is 0.272 e. The summed E-state index contributed by atoms with van der Waals surface area (Å²) in [5.74, 6) is -0.523. The summed E-state index contributed by atoms with van der Waals surface area (Å²) >= 11 is 4.23. The van der Waals surface area contributed by atoms with Gasteiger partial charge in [0.2, 0.25) is 0 Å². The van der Waals surface area contributed by atoms with E-state index >= 15 is 0 Å². The van der Waals surface area contributed by atoms with Gasteiger partial charge < -0.3 is 4.74 Å². The number of rotatable bonds is 5. The van der Waals surface area contributed by atoms with Crippen LogP contribution in [0.5, 0.6) is 5.75 Å². The lowest BCUT2D eigenvalue weighted by atomic mass is 10.3. The second-order valence-corrected chi connectivity index (χ2v) is 7.39. The molecule has 0 fully saturated rings. The average molecular weight is 380 g/mol. The molecule has 0 radical (unpaired) electrons. The van der Waals surface area contributed by atoms with Gasteiger partial charge in [-0.25, -0.2) is 12.8 Å². The van der Waals surface area contributed by atoms with Crippen LogP contribution in [-0.2, 0) is 10.0 Å². The molecular weight excluding hydrogens is 369 g/mol. The Labute approximate surface area is 128 Å². The molecule has 4 nitrogen and oxygen atoms in total. The number of ether oxygens (including phenoxy) is 1. The third-order valence-corrected chi connectivity index (χ3v) is 6.36. The van der Waals surface area contributed by atoms with Crippen LogP contribution in [0.15, 0.2) is 38.3 Å². The maximum absolute atomic E-state index is 13.7. The number of halogens is 2. The topological polar surface area (TPSA) is 55.4 Å². The van der Waals surface area contributed by atoms with Gasteiger partial charge in [0.15, 0.2) is 15.8 Å². The molecule has 0 unspecified atom stereocenters. The fraction of sp³-hybridized carbons (Fsp3) is 0.167. The number of sulfonamides is 1. The van der Waals surface area contributed by atoms with Gasteiger partial charge in [-0.1, -0.05) is 0 Å². The number of hydrogen-bond acceptors (Lipinski definition) is 4. The Bertz CT molecular complexity index is 715. The minimum atomic E-state index is -3.73. The summed E-state index contributed by atoms with van der Waals surface area (Å²) in [4.78, 5) is 0. The van der Waals surface area contributed by atoms with Crippen molar-refractivity contribution in [3.63, 3.8) is 0 Å². The third-order valence-electron chi connectivity index (χ3n) is 2.31. The summed E-state index contributed by atoms with van der Waals surface area (Å²) in [5.41, 5.74) is 0.145. The SMILES string of the molecule is CCOc1ccc(NS(=O)(=O)c2sccc2Br)cc1F. The number of hydrogen-bond donors (Lipinski definition) is 1. The van der Waals surface area contributed by atoms with E-state index in [1.807, 2.05) is 0 Å². The molecule has 0 amide bonds. The van der Waals surface area contributed by atoms with Crippen LogP contribution in [0.25, 0.3) is 0 Å². The molecule has 0 spiro atoms. The summed E-state index contributed by atoms with van der Waals surface area (Å²) in [6, 6.07) is 5.56. The second kappa shape index (κ2) is 6.11. The fourth-order valence-electron chi connectivity index (χ4n) is 1.51. The molecule has 2 aromatic rings. The van der Waals surface area contributed by atoms with Crippen molar-refractivity contribution in [1.29, 1.82) is 0 Å². The van der Waals surface area contributed by atoms with E-state index < -0.39 is 15.8 Å². The maximum atomic E-state index is 13.7. The molecule has 0 bridgehead atoms. The fourth-order valence-corrected chi connectivity index (χ4v) is 4.90. The molecule has 1 N–H and O–H groups in total. The Kier molecular flexibility index (Phi) is 4.66. The minimum Gasteiger partial charge on any atom is -0.491 e.